The molecule has 1 fully saturated rings. The molecule has 1 rings (SSSR count). The van der Waals surface area contributed by atoms with Gasteiger partial charge in [-0.2, -0.15) is 0 Å². The lowest BCUT2D eigenvalue weighted by atomic mass is 10.1. The van der Waals surface area contributed by atoms with E-state index in [2.05, 4.69) is 0 Å². The van der Waals surface area contributed by atoms with Crippen LogP contribution in [-0.2, 0) is 14.6 Å². The lowest BCUT2D eigenvalue weighted by Gasteiger charge is -2.27. The van der Waals surface area contributed by atoms with Crippen LogP contribution < -0.4 is 5.73 Å². The summed E-state index contributed by atoms with van der Waals surface area (Å²) in [6, 6.07) is -0.415. The normalized spacial score (nSPS) is 19.2. The lowest BCUT2D eigenvalue weighted by Crippen LogP contribution is -2.46. The quantitative estimate of drug-likeness (QED) is 0.764. The molecule has 0 saturated heterocycles. The van der Waals surface area contributed by atoms with Crippen molar-refractivity contribution in [3.8, 4) is 0 Å². The number of carbonyl (C=O) groups excluding carboxylic acids is 1. The second kappa shape index (κ2) is 5.82. The van der Waals surface area contributed by atoms with Crippen LogP contribution in [0.1, 0.15) is 32.1 Å². The van der Waals surface area contributed by atoms with Crippen LogP contribution in [0.15, 0.2) is 0 Å². The van der Waals surface area contributed by atoms with Crippen LogP contribution in [0.2, 0.25) is 0 Å². The van der Waals surface area contributed by atoms with Crippen molar-refractivity contribution in [3.05, 3.63) is 0 Å². The minimum Gasteiger partial charge on any atom is -0.341 e. The standard InChI is InChI=1S/C11H22N2O3S/c1-13(9-5-3-4-6-9)11(14)10(12)7-8-17(2,15)16/h9-10H,3-8,12H2,1-2H3. The molecule has 1 atom stereocenters. The highest BCUT2D eigenvalue weighted by Gasteiger charge is 2.27. The molecule has 6 heteroatoms. The van der Waals surface area contributed by atoms with E-state index in [4.69, 9.17) is 5.73 Å². The monoisotopic (exact) mass is 262 g/mol. The summed E-state index contributed by atoms with van der Waals surface area (Å²) in [4.78, 5) is 13.6. The van der Waals surface area contributed by atoms with Crippen LogP contribution in [0, 0.1) is 0 Å². The van der Waals surface area contributed by atoms with Crippen molar-refractivity contribution >= 4 is 15.7 Å². The molecule has 0 aromatic heterocycles. The van der Waals surface area contributed by atoms with Gasteiger partial charge in [-0.3, -0.25) is 4.79 Å². The Hall–Kier alpha value is -0.620. The topological polar surface area (TPSA) is 80.5 Å². The third kappa shape index (κ3) is 4.63. The van der Waals surface area contributed by atoms with Gasteiger partial charge in [0.05, 0.1) is 11.8 Å². The van der Waals surface area contributed by atoms with Crippen molar-refractivity contribution in [3.63, 3.8) is 0 Å². The van der Waals surface area contributed by atoms with Crippen molar-refractivity contribution in [2.24, 2.45) is 5.73 Å². The number of amides is 1. The van der Waals surface area contributed by atoms with Crippen LogP contribution in [0.5, 0.6) is 0 Å². The molecule has 0 aliphatic heterocycles. The third-order valence-corrected chi connectivity index (χ3v) is 4.31. The number of rotatable bonds is 5. The van der Waals surface area contributed by atoms with Crippen molar-refractivity contribution in [2.75, 3.05) is 19.1 Å². The van der Waals surface area contributed by atoms with E-state index in [1.807, 2.05) is 0 Å². The molecule has 1 aliphatic rings. The molecule has 0 radical (unpaired) electrons. The van der Waals surface area contributed by atoms with Crippen molar-refractivity contribution in [2.45, 2.75) is 44.2 Å². The average molecular weight is 262 g/mol. The highest BCUT2D eigenvalue weighted by atomic mass is 32.2. The Labute approximate surface area is 103 Å². The second-order valence-corrected chi connectivity index (χ2v) is 7.17. The number of likely N-dealkylation sites (N-methyl/N-ethyl adjacent to an activating group) is 1. The number of sulfone groups is 1. The van der Waals surface area contributed by atoms with E-state index in [-0.39, 0.29) is 24.1 Å². The Bertz CT molecular complexity index is 361. The number of carbonyl (C=O) groups is 1. The van der Waals surface area contributed by atoms with Gasteiger partial charge in [0.2, 0.25) is 5.91 Å². The number of hydrogen-bond acceptors (Lipinski definition) is 4. The van der Waals surface area contributed by atoms with Crippen LogP contribution in [0.3, 0.4) is 0 Å². The van der Waals surface area contributed by atoms with Crippen molar-refractivity contribution in [1.82, 2.24) is 4.90 Å². The van der Waals surface area contributed by atoms with Gasteiger partial charge in [-0.1, -0.05) is 12.8 Å². The molecular weight excluding hydrogens is 240 g/mol. The Morgan fingerprint density at radius 2 is 1.94 bits per heavy atom. The van der Waals surface area contributed by atoms with E-state index in [1.54, 1.807) is 11.9 Å². The number of nitrogens with two attached hydrogens (primary N) is 1. The van der Waals surface area contributed by atoms with E-state index >= 15 is 0 Å². The summed E-state index contributed by atoms with van der Waals surface area (Å²) in [6.45, 7) is 0. The van der Waals surface area contributed by atoms with E-state index < -0.39 is 15.9 Å². The van der Waals surface area contributed by atoms with Gasteiger partial charge >= 0.3 is 0 Å². The predicted octanol–water partition coefficient (Wildman–Crippen LogP) is 0.149. The molecule has 0 aromatic carbocycles. The first-order valence-electron chi connectivity index (χ1n) is 6.01. The van der Waals surface area contributed by atoms with Gasteiger partial charge in [-0.15, -0.1) is 0 Å². The molecule has 0 bridgehead atoms. The maximum absolute atomic E-state index is 12.0. The molecule has 100 valence electrons. The third-order valence-electron chi connectivity index (χ3n) is 3.34. The van der Waals surface area contributed by atoms with Gasteiger partial charge in [-0.25, -0.2) is 8.42 Å². The summed E-state index contributed by atoms with van der Waals surface area (Å²) < 4.78 is 22.0. The summed E-state index contributed by atoms with van der Waals surface area (Å²) in [5.41, 5.74) is 5.74. The van der Waals surface area contributed by atoms with E-state index in [1.165, 1.54) is 0 Å². The van der Waals surface area contributed by atoms with E-state index in [0.29, 0.717) is 0 Å². The molecular formula is C11H22N2O3S. The summed E-state index contributed by atoms with van der Waals surface area (Å²) in [6.07, 6.45) is 5.73. The maximum Gasteiger partial charge on any atom is 0.239 e. The fraction of sp³-hybridized carbons (Fsp3) is 0.909. The van der Waals surface area contributed by atoms with Crippen LogP contribution >= 0.6 is 0 Å². The number of nitrogens with zero attached hydrogens (tertiary/aromatic N) is 1. The Morgan fingerprint density at radius 3 is 2.41 bits per heavy atom. The zero-order chi connectivity index (χ0) is 13.1. The molecule has 1 unspecified atom stereocenters. The van der Waals surface area contributed by atoms with Gasteiger partial charge in [0.25, 0.3) is 0 Å². The molecule has 1 saturated carbocycles. The molecule has 1 amide bonds. The first-order valence-corrected chi connectivity index (χ1v) is 8.07. The van der Waals surface area contributed by atoms with Crippen molar-refractivity contribution < 1.29 is 13.2 Å². The number of hydrogen-bond donors (Lipinski definition) is 1. The first kappa shape index (κ1) is 14.4. The predicted molar refractivity (Wildman–Crippen MR) is 67.3 cm³/mol. The largest absolute Gasteiger partial charge is 0.341 e. The zero-order valence-electron chi connectivity index (χ0n) is 10.6. The summed E-state index contributed by atoms with van der Waals surface area (Å²) in [7, 11) is -1.29. The SMILES string of the molecule is CN(C(=O)C(N)CCS(C)(=O)=O)C1CCCC1. The summed E-state index contributed by atoms with van der Waals surface area (Å²) >= 11 is 0. The highest BCUT2D eigenvalue weighted by Crippen LogP contribution is 2.22. The molecule has 2 N–H and O–H groups in total. The van der Waals surface area contributed by atoms with E-state index in [0.717, 1.165) is 31.9 Å². The van der Waals surface area contributed by atoms with Gasteiger partial charge in [0.15, 0.2) is 0 Å². The van der Waals surface area contributed by atoms with Crippen LogP contribution in [-0.4, -0.2) is 50.4 Å². The molecule has 0 heterocycles. The summed E-state index contributed by atoms with van der Waals surface area (Å²) in [5.74, 6) is -0.168. The highest BCUT2D eigenvalue weighted by molar-refractivity contribution is 7.90. The molecule has 0 aromatic rings. The average Bonchev–Trinajstić information content (AvgIpc) is 2.76. The fourth-order valence-electron chi connectivity index (χ4n) is 2.20. The molecule has 5 nitrogen and oxygen atoms in total. The van der Waals surface area contributed by atoms with Gasteiger partial charge in [-0.05, 0) is 19.3 Å². The Balaban J connectivity index is 2.45. The minimum absolute atomic E-state index is 0.0294. The molecule has 1 aliphatic carbocycles. The first-order chi connectivity index (χ1) is 7.81. The van der Waals surface area contributed by atoms with Gasteiger partial charge in [0, 0.05) is 19.3 Å². The van der Waals surface area contributed by atoms with E-state index in [9.17, 15) is 13.2 Å². The zero-order valence-corrected chi connectivity index (χ0v) is 11.4. The summed E-state index contributed by atoms with van der Waals surface area (Å²) in [5, 5.41) is 0. The lowest BCUT2D eigenvalue weighted by molar-refractivity contribution is -0.133. The molecule has 17 heavy (non-hydrogen) atoms. The Morgan fingerprint density at radius 1 is 1.41 bits per heavy atom. The van der Waals surface area contributed by atoms with Gasteiger partial charge in [0.1, 0.15) is 9.84 Å². The minimum atomic E-state index is -3.05. The van der Waals surface area contributed by atoms with Gasteiger partial charge < -0.3 is 10.6 Å². The molecule has 0 spiro atoms. The fourth-order valence-corrected chi connectivity index (χ4v) is 2.88. The van der Waals surface area contributed by atoms with Crippen molar-refractivity contribution in [1.29, 1.82) is 0 Å². The maximum atomic E-state index is 12.0. The smallest absolute Gasteiger partial charge is 0.239 e. The van der Waals surface area contributed by atoms with Crippen LogP contribution in [0.4, 0.5) is 0 Å². The van der Waals surface area contributed by atoms with Crippen LogP contribution in [0.25, 0.3) is 0 Å². The second-order valence-electron chi connectivity index (χ2n) is 4.91. The Kier molecular flexibility index (Phi) is 4.94.